The number of terminal acetylenes is 1. The van der Waals surface area contributed by atoms with E-state index in [9.17, 15) is 19.3 Å². The lowest BCUT2D eigenvalue weighted by molar-refractivity contribution is -0.139. The zero-order valence-electron chi connectivity index (χ0n) is 25.7. The Balaban J connectivity index is 0.000000293. The van der Waals surface area contributed by atoms with Crippen LogP contribution in [-0.4, -0.2) is 59.7 Å². The van der Waals surface area contributed by atoms with Crippen molar-refractivity contribution >= 4 is 40.3 Å². The average Bonchev–Trinajstić information content (AvgIpc) is 3.77. The van der Waals surface area contributed by atoms with E-state index in [1.807, 2.05) is 31.7 Å². The lowest BCUT2D eigenvalue weighted by Gasteiger charge is -2.23. The summed E-state index contributed by atoms with van der Waals surface area (Å²) in [7, 11) is 0. The van der Waals surface area contributed by atoms with Crippen molar-refractivity contribution in [1.82, 2.24) is 15.1 Å². The van der Waals surface area contributed by atoms with Crippen molar-refractivity contribution in [3.63, 3.8) is 0 Å². The van der Waals surface area contributed by atoms with E-state index in [2.05, 4.69) is 28.3 Å². The maximum absolute atomic E-state index is 12.0. The van der Waals surface area contributed by atoms with Crippen LogP contribution >= 0.6 is 0 Å². The van der Waals surface area contributed by atoms with Crippen molar-refractivity contribution in [2.45, 2.75) is 65.8 Å². The monoisotopic (exact) mass is 606 g/mol. The van der Waals surface area contributed by atoms with Gasteiger partial charge in [0.05, 0.1) is 17.8 Å². The van der Waals surface area contributed by atoms with Crippen LogP contribution in [0.5, 0.6) is 0 Å². The third-order valence-electron chi connectivity index (χ3n) is 6.71. The van der Waals surface area contributed by atoms with Crippen LogP contribution in [0.2, 0.25) is 0 Å². The first-order valence-corrected chi connectivity index (χ1v) is 14.7. The minimum atomic E-state index is -0.489. The van der Waals surface area contributed by atoms with Gasteiger partial charge in [-0.3, -0.25) is 19.7 Å². The number of furan rings is 2. The smallest absolute Gasteiger partial charge is 0.261 e. The molecule has 0 unspecified atom stereocenters. The molecule has 1 aromatic carbocycles. The summed E-state index contributed by atoms with van der Waals surface area (Å²) in [6, 6.07) is 8.62. The Hall–Kier alpha value is -4.92. The second-order valence-electron chi connectivity index (χ2n) is 9.83. The molecule has 2 saturated heterocycles. The van der Waals surface area contributed by atoms with Crippen molar-refractivity contribution in [2.75, 3.05) is 26.2 Å². The Labute approximate surface area is 258 Å². The van der Waals surface area contributed by atoms with Gasteiger partial charge < -0.3 is 24.4 Å². The molecule has 5 rings (SSSR count). The molecule has 3 aromatic rings. The summed E-state index contributed by atoms with van der Waals surface area (Å²) >= 11 is 0. The van der Waals surface area contributed by atoms with Crippen molar-refractivity contribution in [2.24, 2.45) is 15.9 Å². The van der Waals surface area contributed by atoms with Gasteiger partial charge in [0.2, 0.25) is 17.8 Å². The molecule has 44 heavy (non-hydrogen) atoms. The zero-order valence-corrected chi connectivity index (χ0v) is 25.7. The molecule has 12 nitrogen and oxygen atoms in total. The fraction of sp³-hybridized carbons (Fsp3) is 0.438. The van der Waals surface area contributed by atoms with E-state index in [1.165, 1.54) is 12.3 Å². The van der Waals surface area contributed by atoms with Gasteiger partial charge >= 0.3 is 0 Å². The normalized spacial score (nSPS) is 14.7. The highest BCUT2D eigenvalue weighted by atomic mass is 16.3. The molecule has 0 radical (unpaired) electrons. The predicted octanol–water partition coefficient (Wildman–Crippen LogP) is 5.26. The van der Waals surface area contributed by atoms with Crippen LogP contribution in [0, 0.1) is 24.7 Å². The first-order valence-electron chi connectivity index (χ1n) is 14.7. The standard InChI is InChI=1S/C16H14N4O4.C12H20N2O2.C2H6.C2H2/c1-9-4-10-5-12(2-3-14(10)24-9)19-16(17)20-15(21)11-6-13(7-18-22)23-8-11;15-11-6-2-1-3-9-14(11)10-12(16)13-7-4-5-8-13;2*1-2/h2-6,8H,7H2,1H3,(H3,17,19,20,21);1-10H2;1-2H3;1-2H. The van der Waals surface area contributed by atoms with E-state index in [0.29, 0.717) is 24.4 Å². The molecule has 0 atom stereocenters. The summed E-state index contributed by atoms with van der Waals surface area (Å²) in [4.78, 5) is 53.6. The zero-order chi connectivity index (χ0) is 32.5. The van der Waals surface area contributed by atoms with Crippen LogP contribution in [0.3, 0.4) is 0 Å². The number of benzene rings is 1. The molecule has 2 fully saturated rings. The highest BCUT2D eigenvalue weighted by molar-refractivity contribution is 6.05. The average molecular weight is 607 g/mol. The number of likely N-dealkylation sites (tertiary alicyclic amines) is 2. The summed E-state index contributed by atoms with van der Waals surface area (Å²) in [5.74, 6) is 0.838. The molecule has 236 valence electrons. The highest BCUT2D eigenvalue weighted by Crippen LogP contribution is 2.24. The van der Waals surface area contributed by atoms with Gasteiger partial charge in [-0.1, -0.05) is 25.4 Å². The number of nitrogens with one attached hydrogen (secondary N) is 1. The molecule has 2 aliphatic rings. The van der Waals surface area contributed by atoms with Gasteiger partial charge in [0.1, 0.15) is 29.9 Å². The number of aliphatic imine (C=N–C) groups is 1. The Morgan fingerprint density at radius 2 is 1.73 bits per heavy atom. The number of hydrogen-bond donors (Lipinski definition) is 2. The van der Waals surface area contributed by atoms with Crippen LogP contribution in [0.15, 0.2) is 55.6 Å². The van der Waals surface area contributed by atoms with Gasteiger partial charge in [0.15, 0.2) is 0 Å². The number of rotatable bonds is 6. The Morgan fingerprint density at radius 1 is 1.02 bits per heavy atom. The predicted molar refractivity (Wildman–Crippen MR) is 170 cm³/mol. The van der Waals surface area contributed by atoms with Crippen molar-refractivity contribution in [3.8, 4) is 12.8 Å². The van der Waals surface area contributed by atoms with Crippen LogP contribution in [0.1, 0.15) is 74.3 Å². The molecule has 0 spiro atoms. The van der Waals surface area contributed by atoms with E-state index in [0.717, 1.165) is 68.5 Å². The maximum atomic E-state index is 12.0. The summed E-state index contributed by atoms with van der Waals surface area (Å²) in [6.07, 6.45) is 15.2. The number of aryl methyl sites for hydroxylation is 1. The topological polar surface area (TPSA) is 164 Å². The molecule has 3 amide bonds. The quantitative estimate of drug-likeness (QED) is 0.167. The first-order chi connectivity index (χ1) is 21.3. The first kappa shape index (κ1) is 35.3. The van der Waals surface area contributed by atoms with Gasteiger partial charge in [-0.15, -0.1) is 12.8 Å². The SMILES string of the molecule is C#C.CC.Cc1cc2cc(N=C(N)NC(=O)c3coc(CN=O)c3)ccc2o1.O=C(CN1CCCCCC1=O)N1CCCC1. The molecule has 3 N–H and O–H groups in total. The second kappa shape index (κ2) is 18.6. The van der Waals surface area contributed by atoms with Crippen molar-refractivity contribution in [1.29, 1.82) is 0 Å². The lowest BCUT2D eigenvalue weighted by Crippen LogP contribution is -2.41. The number of nitrogens with zero attached hydrogens (tertiary/aromatic N) is 4. The minimum Gasteiger partial charge on any atom is -0.466 e. The van der Waals surface area contributed by atoms with Crippen molar-refractivity contribution < 1.29 is 23.2 Å². The Morgan fingerprint density at radius 3 is 2.43 bits per heavy atom. The van der Waals surface area contributed by atoms with Gasteiger partial charge in [-0.25, -0.2) is 4.99 Å². The number of fused-ring (bicyclic) bond motifs is 1. The minimum absolute atomic E-state index is 0.0594. The number of nitroso groups, excluding NO2 is 1. The molecule has 2 aliphatic heterocycles. The van der Waals surface area contributed by atoms with E-state index < -0.39 is 5.91 Å². The summed E-state index contributed by atoms with van der Waals surface area (Å²) < 4.78 is 10.5. The fourth-order valence-electron chi connectivity index (χ4n) is 4.67. The number of guanidine groups is 1. The fourth-order valence-corrected chi connectivity index (χ4v) is 4.67. The maximum Gasteiger partial charge on any atom is 0.261 e. The van der Waals surface area contributed by atoms with Crippen LogP contribution in [0.4, 0.5) is 5.69 Å². The number of nitrogens with two attached hydrogens (primary N) is 1. The highest BCUT2D eigenvalue weighted by Gasteiger charge is 2.23. The second-order valence-corrected chi connectivity index (χ2v) is 9.83. The van der Waals surface area contributed by atoms with Gasteiger partial charge in [-0.2, -0.15) is 4.91 Å². The number of carbonyl (C=O) groups excluding carboxylic acids is 3. The summed E-state index contributed by atoms with van der Waals surface area (Å²) in [5.41, 5.74) is 7.32. The van der Waals surface area contributed by atoms with Gasteiger partial charge in [0, 0.05) is 31.4 Å². The Kier molecular flexibility index (Phi) is 14.9. The number of carbonyl (C=O) groups is 3. The molecule has 4 heterocycles. The molecule has 2 aromatic heterocycles. The van der Waals surface area contributed by atoms with Crippen LogP contribution < -0.4 is 11.1 Å². The molecular weight excluding hydrogens is 564 g/mol. The van der Waals surface area contributed by atoms with E-state index in [4.69, 9.17) is 14.6 Å². The molecular formula is C32H42N6O6. The molecule has 0 aliphatic carbocycles. The Bertz CT molecular complexity index is 1430. The van der Waals surface area contributed by atoms with Crippen LogP contribution in [0.25, 0.3) is 11.0 Å². The lowest BCUT2D eigenvalue weighted by atomic mass is 10.2. The van der Waals surface area contributed by atoms with Crippen molar-refractivity contribution in [3.05, 3.63) is 58.6 Å². The molecule has 12 heteroatoms. The number of amides is 3. The summed E-state index contributed by atoms with van der Waals surface area (Å²) in [6.45, 7) is 8.54. The van der Waals surface area contributed by atoms with E-state index >= 15 is 0 Å². The number of hydrogen-bond acceptors (Lipinski definition) is 8. The summed E-state index contributed by atoms with van der Waals surface area (Å²) in [5, 5.41) is 6.04. The molecule has 0 saturated carbocycles. The third-order valence-corrected chi connectivity index (χ3v) is 6.71. The largest absolute Gasteiger partial charge is 0.466 e. The van der Waals surface area contributed by atoms with Gasteiger partial charge in [0.25, 0.3) is 5.91 Å². The van der Waals surface area contributed by atoms with E-state index in [1.54, 1.807) is 23.1 Å². The third kappa shape index (κ3) is 10.7. The van der Waals surface area contributed by atoms with E-state index in [-0.39, 0.29) is 29.9 Å². The van der Waals surface area contributed by atoms with Gasteiger partial charge in [-0.05, 0) is 62.9 Å². The van der Waals surface area contributed by atoms with Crippen LogP contribution in [-0.2, 0) is 16.1 Å². The molecule has 0 bridgehead atoms.